The van der Waals surface area contributed by atoms with E-state index in [0.29, 0.717) is 11.4 Å². The largest absolute Gasteiger partial charge is 0.457 e. The van der Waals surface area contributed by atoms with E-state index >= 15 is 0 Å². The summed E-state index contributed by atoms with van der Waals surface area (Å²) in [7, 11) is 0. The SMILES string of the molecule is Cc1ccc(Oc2ccc(NC(=O)CCC(=O)OCC(=O)c3ccc(F)cc3)cc2)cc1C. The highest BCUT2D eigenvalue weighted by Gasteiger charge is 2.12. The van der Waals surface area contributed by atoms with Crippen molar-refractivity contribution < 1.29 is 28.2 Å². The normalized spacial score (nSPS) is 10.4. The van der Waals surface area contributed by atoms with Crippen LogP contribution in [0.25, 0.3) is 0 Å². The van der Waals surface area contributed by atoms with Crippen LogP contribution in [-0.4, -0.2) is 24.3 Å². The van der Waals surface area contributed by atoms with E-state index in [1.165, 1.54) is 17.7 Å². The Morgan fingerprint density at radius 1 is 0.818 bits per heavy atom. The molecule has 0 atom stereocenters. The van der Waals surface area contributed by atoms with Crippen molar-refractivity contribution in [2.75, 3.05) is 11.9 Å². The average Bonchev–Trinajstić information content (AvgIpc) is 2.80. The van der Waals surface area contributed by atoms with Gasteiger partial charge in [0.05, 0.1) is 6.42 Å². The lowest BCUT2D eigenvalue weighted by Gasteiger charge is -2.09. The number of carbonyl (C=O) groups excluding carboxylic acids is 3. The predicted octanol–water partition coefficient (Wildman–Crippen LogP) is 5.38. The second kappa shape index (κ2) is 11.0. The van der Waals surface area contributed by atoms with E-state index in [4.69, 9.17) is 9.47 Å². The van der Waals surface area contributed by atoms with Crippen LogP contribution in [0.3, 0.4) is 0 Å². The average molecular weight is 449 g/mol. The first-order valence-corrected chi connectivity index (χ1v) is 10.4. The number of halogens is 1. The summed E-state index contributed by atoms with van der Waals surface area (Å²) >= 11 is 0. The Labute approximate surface area is 191 Å². The van der Waals surface area contributed by atoms with Gasteiger partial charge in [0.2, 0.25) is 5.91 Å². The Balaban J connectivity index is 1.40. The Morgan fingerprint density at radius 2 is 1.48 bits per heavy atom. The van der Waals surface area contributed by atoms with Crippen LogP contribution in [0.4, 0.5) is 10.1 Å². The van der Waals surface area contributed by atoms with Crippen molar-refractivity contribution in [3.05, 3.63) is 89.2 Å². The molecule has 1 amide bonds. The third kappa shape index (κ3) is 7.28. The molecule has 0 bridgehead atoms. The lowest BCUT2D eigenvalue weighted by molar-refractivity contribution is -0.143. The molecule has 0 aliphatic carbocycles. The number of benzene rings is 3. The van der Waals surface area contributed by atoms with Gasteiger partial charge in [-0.15, -0.1) is 0 Å². The van der Waals surface area contributed by atoms with Gasteiger partial charge >= 0.3 is 5.97 Å². The maximum absolute atomic E-state index is 12.9. The number of ketones is 1. The first kappa shape index (κ1) is 23.7. The topological polar surface area (TPSA) is 81.7 Å². The Morgan fingerprint density at radius 3 is 2.15 bits per heavy atom. The zero-order valence-electron chi connectivity index (χ0n) is 18.4. The van der Waals surface area contributed by atoms with Gasteiger partial charge in [0.15, 0.2) is 12.4 Å². The molecule has 7 heteroatoms. The molecule has 3 rings (SSSR count). The van der Waals surface area contributed by atoms with Crippen molar-refractivity contribution in [1.29, 1.82) is 0 Å². The van der Waals surface area contributed by atoms with E-state index in [2.05, 4.69) is 5.32 Å². The highest BCUT2D eigenvalue weighted by molar-refractivity contribution is 5.98. The number of ether oxygens (including phenoxy) is 2. The molecule has 0 saturated heterocycles. The smallest absolute Gasteiger partial charge is 0.306 e. The van der Waals surface area contributed by atoms with Gasteiger partial charge in [-0.05, 0) is 85.6 Å². The minimum absolute atomic E-state index is 0.0928. The van der Waals surface area contributed by atoms with Crippen LogP contribution in [0, 0.1) is 19.7 Å². The minimum Gasteiger partial charge on any atom is -0.457 e. The number of amides is 1. The molecular formula is C26H24FNO5. The number of hydrogen-bond acceptors (Lipinski definition) is 5. The summed E-state index contributed by atoms with van der Waals surface area (Å²) < 4.78 is 23.6. The van der Waals surface area contributed by atoms with Gasteiger partial charge in [0, 0.05) is 17.7 Å². The van der Waals surface area contributed by atoms with Crippen molar-refractivity contribution >= 4 is 23.3 Å². The van der Waals surface area contributed by atoms with Crippen LogP contribution < -0.4 is 10.1 Å². The molecule has 0 radical (unpaired) electrons. The molecule has 0 saturated carbocycles. The van der Waals surface area contributed by atoms with Crippen molar-refractivity contribution in [3.8, 4) is 11.5 Å². The highest BCUT2D eigenvalue weighted by atomic mass is 19.1. The fourth-order valence-corrected chi connectivity index (χ4v) is 2.90. The summed E-state index contributed by atoms with van der Waals surface area (Å²) in [4.78, 5) is 35.8. The summed E-state index contributed by atoms with van der Waals surface area (Å²) in [6, 6.07) is 17.7. The minimum atomic E-state index is -0.669. The number of esters is 1. The van der Waals surface area contributed by atoms with Gasteiger partial charge in [-0.2, -0.15) is 0 Å². The number of aryl methyl sites for hydroxylation is 2. The maximum atomic E-state index is 12.9. The van der Waals surface area contributed by atoms with Crippen LogP contribution in [0.2, 0.25) is 0 Å². The monoisotopic (exact) mass is 449 g/mol. The van der Waals surface area contributed by atoms with Crippen LogP contribution >= 0.6 is 0 Å². The molecule has 0 aliphatic heterocycles. The van der Waals surface area contributed by atoms with Crippen molar-refractivity contribution in [2.45, 2.75) is 26.7 Å². The van der Waals surface area contributed by atoms with E-state index in [1.54, 1.807) is 24.3 Å². The van der Waals surface area contributed by atoms with Gasteiger partial charge in [0.1, 0.15) is 17.3 Å². The number of hydrogen-bond donors (Lipinski definition) is 1. The quantitative estimate of drug-likeness (QED) is 0.350. The first-order valence-electron chi connectivity index (χ1n) is 10.4. The second-order valence-electron chi connectivity index (χ2n) is 7.51. The summed E-state index contributed by atoms with van der Waals surface area (Å²) in [5.74, 6) is -0.580. The Bertz CT molecular complexity index is 1140. The fourth-order valence-electron chi connectivity index (χ4n) is 2.90. The first-order chi connectivity index (χ1) is 15.8. The van der Waals surface area contributed by atoms with E-state index in [-0.39, 0.29) is 24.3 Å². The van der Waals surface area contributed by atoms with Crippen LogP contribution in [0.15, 0.2) is 66.7 Å². The summed E-state index contributed by atoms with van der Waals surface area (Å²) in [5, 5.41) is 2.70. The Hall–Kier alpha value is -4.00. The molecular weight excluding hydrogens is 425 g/mol. The van der Waals surface area contributed by atoms with E-state index in [9.17, 15) is 18.8 Å². The van der Waals surface area contributed by atoms with Crippen LogP contribution in [-0.2, 0) is 14.3 Å². The predicted molar refractivity (Wildman–Crippen MR) is 122 cm³/mol. The number of anilines is 1. The molecule has 0 fully saturated rings. The summed E-state index contributed by atoms with van der Waals surface area (Å²) in [5.41, 5.74) is 3.12. The molecule has 170 valence electrons. The lowest BCUT2D eigenvalue weighted by Crippen LogP contribution is -2.17. The molecule has 0 spiro atoms. The van der Waals surface area contributed by atoms with Gasteiger partial charge in [-0.1, -0.05) is 6.07 Å². The molecule has 0 aromatic heterocycles. The van der Waals surface area contributed by atoms with Crippen molar-refractivity contribution in [1.82, 2.24) is 0 Å². The third-order valence-corrected chi connectivity index (χ3v) is 4.94. The zero-order chi connectivity index (χ0) is 23.8. The van der Waals surface area contributed by atoms with E-state index in [1.807, 2.05) is 32.0 Å². The molecule has 0 aliphatic rings. The van der Waals surface area contributed by atoms with Crippen LogP contribution in [0.1, 0.15) is 34.3 Å². The number of carbonyl (C=O) groups is 3. The molecule has 6 nitrogen and oxygen atoms in total. The molecule has 33 heavy (non-hydrogen) atoms. The zero-order valence-corrected chi connectivity index (χ0v) is 18.4. The molecule has 3 aromatic carbocycles. The Kier molecular flexibility index (Phi) is 7.91. The lowest BCUT2D eigenvalue weighted by atomic mass is 10.1. The fraction of sp³-hybridized carbons (Fsp3) is 0.192. The van der Waals surface area contributed by atoms with E-state index < -0.39 is 24.2 Å². The van der Waals surface area contributed by atoms with Gasteiger partial charge in [0.25, 0.3) is 0 Å². The number of nitrogens with one attached hydrogen (secondary N) is 1. The molecule has 1 N–H and O–H groups in total. The van der Waals surface area contributed by atoms with Crippen molar-refractivity contribution in [2.24, 2.45) is 0 Å². The maximum Gasteiger partial charge on any atom is 0.306 e. The highest BCUT2D eigenvalue weighted by Crippen LogP contribution is 2.25. The summed E-state index contributed by atoms with van der Waals surface area (Å²) in [6.07, 6.45) is -0.263. The standard InChI is InChI=1S/C26H24FNO5/c1-17-3-10-23(15-18(17)2)33-22-11-8-21(9-12-22)28-25(30)13-14-26(31)32-16-24(29)19-4-6-20(27)7-5-19/h3-12,15H,13-14,16H2,1-2H3,(H,28,30). The van der Waals surface area contributed by atoms with E-state index in [0.717, 1.165) is 23.4 Å². The van der Waals surface area contributed by atoms with Gasteiger partial charge in [-0.3, -0.25) is 14.4 Å². The van der Waals surface area contributed by atoms with Crippen molar-refractivity contribution in [3.63, 3.8) is 0 Å². The number of rotatable bonds is 9. The second-order valence-corrected chi connectivity index (χ2v) is 7.51. The third-order valence-electron chi connectivity index (χ3n) is 4.94. The summed E-state index contributed by atoms with van der Waals surface area (Å²) in [6.45, 7) is 3.58. The molecule has 0 heterocycles. The van der Waals surface area contributed by atoms with Crippen LogP contribution in [0.5, 0.6) is 11.5 Å². The molecule has 0 unspecified atom stereocenters. The van der Waals surface area contributed by atoms with Gasteiger partial charge < -0.3 is 14.8 Å². The number of Topliss-reactive ketones (excluding diaryl/α,β-unsaturated/α-hetero) is 1. The van der Waals surface area contributed by atoms with Gasteiger partial charge in [-0.25, -0.2) is 4.39 Å². The molecule has 3 aromatic rings.